The lowest BCUT2D eigenvalue weighted by Gasteiger charge is -2.39. The number of hydrogen-bond donors (Lipinski definition) is 1. The third-order valence-corrected chi connectivity index (χ3v) is 5.84. The van der Waals surface area contributed by atoms with Gasteiger partial charge in [0.1, 0.15) is 6.61 Å². The van der Waals surface area contributed by atoms with Crippen molar-refractivity contribution in [1.82, 2.24) is 14.8 Å². The number of nitrogens with zero attached hydrogens (tertiary/aromatic N) is 3. The van der Waals surface area contributed by atoms with Crippen LogP contribution in [0.2, 0.25) is 0 Å². The predicted octanol–water partition coefficient (Wildman–Crippen LogP) is 1.29. The minimum atomic E-state index is -0.473. The molecule has 1 amide bonds. The molecule has 3 rings (SSSR count). The van der Waals surface area contributed by atoms with Crippen molar-refractivity contribution in [3.8, 4) is 0 Å². The second-order valence-corrected chi connectivity index (χ2v) is 7.84. The van der Waals surface area contributed by atoms with Crippen molar-refractivity contribution < 1.29 is 14.6 Å². The Labute approximate surface area is 149 Å². The van der Waals surface area contributed by atoms with Gasteiger partial charge in [0.25, 0.3) is 0 Å². The summed E-state index contributed by atoms with van der Waals surface area (Å²) in [5, 5.41) is 9.92. The fourth-order valence-electron chi connectivity index (χ4n) is 4.46. The monoisotopic (exact) mass is 347 g/mol. The van der Waals surface area contributed by atoms with Crippen molar-refractivity contribution in [2.45, 2.75) is 38.3 Å². The maximum Gasteiger partial charge on any atom is 0.249 e. The smallest absolute Gasteiger partial charge is 0.249 e. The average molecular weight is 347 g/mol. The minimum Gasteiger partial charge on any atom is -0.394 e. The van der Waals surface area contributed by atoms with Crippen LogP contribution in [-0.2, 0) is 16.1 Å². The third kappa shape index (κ3) is 3.86. The molecule has 3 heterocycles. The number of likely N-dealkylation sites (tertiary alicyclic amines) is 2. The van der Waals surface area contributed by atoms with Crippen molar-refractivity contribution in [2.24, 2.45) is 5.41 Å². The van der Waals surface area contributed by atoms with Gasteiger partial charge in [0.05, 0.1) is 17.8 Å². The summed E-state index contributed by atoms with van der Waals surface area (Å²) >= 11 is 0. The normalized spacial score (nSPS) is 26.3. The number of aliphatic hydroxyl groups is 1. The Bertz CT molecular complexity index is 587. The Balaban J connectivity index is 1.63. The number of ether oxygens (including phenoxy) is 1. The third-order valence-electron chi connectivity index (χ3n) is 5.84. The molecule has 0 saturated carbocycles. The molecule has 1 N–H and O–H groups in total. The van der Waals surface area contributed by atoms with Gasteiger partial charge in [0.15, 0.2) is 0 Å². The topological polar surface area (TPSA) is 65.9 Å². The van der Waals surface area contributed by atoms with E-state index < -0.39 is 5.54 Å². The van der Waals surface area contributed by atoms with Gasteiger partial charge in [0, 0.05) is 26.4 Å². The molecule has 25 heavy (non-hydrogen) atoms. The van der Waals surface area contributed by atoms with Gasteiger partial charge in [0.2, 0.25) is 5.91 Å². The van der Waals surface area contributed by atoms with Crippen LogP contribution in [0.3, 0.4) is 0 Å². The fraction of sp³-hybridized carbons (Fsp3) is 0.684. The number of aliphatic hydroxyl groups excluding tert-OH is 1. The molecule has 2 aliphatic rings. The van der Waals surface area contributed by atoms with Gasteiger partial charge in [-0.25, -0.2) is 0 Å². The van der Waals surface area contributed by atoms with E-state index >= 15 is 0 Å². The van der Waals surface area contributed by atoms with Gasteiger partial charge in [-0.05, 0) is 56.8 Å². The van der Waals surface area contributed by atoms with Crippen LogP contribution in [0, 0.1) is 5.41 Å². The largest absolute Gasteiger partial charge is 0.394 e. The van der Waals surface area contributed by atoms with Crippen LogP contribution in [0.1, 0.15) is 31.9 Å². The van der Waals surface area contributed by atoms with E-state index in [0.29, 0.717) is 0 Å². The SMILES string of the molecule is COCC(=O)N1CC2(CCN(Cc3ccccn3)CC2)CC1(C)CO. The van der Waals surface area contributed by atoms with E-state index in [1.165, 1.54) is 7.11 Å². The van der Waals surface area contributed by atoms with Crippen LogP contribution >= 0.6 is 0 Å². The number of rotatable bonds is 5. The maximum atomic E-state index is 12.4. The number of methoxy groups -OCH3 is 1. The van der Waals surface area contributed by atoms with E-state index in [4.69, 9.17) is 4.74 Å². The van der Waals surface area contributed by atoms with E-state index in [0.717, 1.165) is 51.1 Å². The van der Waals surface area contributed by atoms with Crippen molar-refractivity contribution in [2.75, 3.05) is 40.0 Å². The maximum absolute atomic E-state index is 12.4. The zero-order valence-electron chi connectivity index (χ0n) is 15.3. The summed E-state index contributed by atoms with van der Waals surface area (Å²) < 4.78 is 5.03. The molecular formula is C19H29N3O3. The first-order valence-electron chi connectivity index (χ1n) is 9.03. The summed E-state index contributed by atoms with van der Waals surface area (Å²) in [6.45, 7) is 5.69. The molecule has 1 spiro atoms. The molecular weight excluding hydrogens is 318 g/mol. The first kappa shape index (κ1) is 18.3. The second-order valence-electron chi connectivity index (χ2n) is 7.84. The standard InChI is InChI=1S/C19H29N3O3/c1-18(15-23)13-19(14-22(18)17(24)12-25-2)6-9-21(10-7-19)11-16-5-3-4-8-20-16/h3-5,8,23H,6-7,9-15H2,1-2H3. The zero-order chi connectivity index (χ0) is 17.9. The first-order chi connectivity index (χ1) is 12.0. The van der Waals surface area contributed by atoms with Gasteiger partial charge in [-0.3, -0.25) is 14.7 Å². The van der Waals surface area contributed by atoms with Crippen LogP contribution in [0.4, 0.5) is 0 Å². The van der Waals surface area contributed by atoms with Crippen LogP contribution in [-0.4, -0.2) is 71.3 Å². The number of carbonyl (C=O) groups is 1. The molecule has 1 aromatic heterocycles. The molecule has 1 unspecified atom stereocenters. The highest BCUT2D eigenvalue weighted by Gasteiger charge is 2.52. The molecule has 6 heteroatoms. The lowest BCUT2D eigenvalue weighted by molar-refractivity contribution is -0.140. The molecule has 2 saturated heterocycles. The van der Waals surface area contributed by atoms with Gasteiger partial charge >= 0.3 is 0 Å². The summed E-state index contributed by atoms with van der Waals surface area (Å²) in [6.07, 6.45) is 4.80. The van der Waals surface area contributed by atoms with Crippen molar-refractivity contribution in [3.05, 3.63) is 30.1 Å². The summed E-state index contributed by atoms with van der Waals surface area (Å²) in [6, 6.07) is 6.03. The van der Waals surface area contributed by atoms with Gasteiger partial charge < -0.3 is 14.7 Å². The molecule has 0 aromatic carbocycles. The molecule has 6 nitrogen and oxygen atoms in total. The van der Waals surface area contributed by atoms with Crippen molar-refractivity contribution in [3.63, 3.8) is 0 Å². The van der Waals surface area contributed by atoms with E-state index in [-0.39, 0.29) is 24.5 Å². The fourth-order valence-corrected chi connectivity index (χ4v) is 4.46. The predicted molar refractivity (Wildman–Crippen MR) is 94.9 cm³/mol. The number of amides is 1. The summed E-state index contributed by atoms with van der Waals surface area (Å²) in [5.74, 6) is -0.0214. The quantitative estimate of drug-likeness (QED) is 0.870. The second kappa shape index (κ2) is 7.40. The average Bonchev–Trinajstić information content (AvgIpc) is 2.92. The minimum absolute atomic E-state index is 0.00184. The molecule has 2 aliphatic heterocycles. The highest BCUT2D eigenvalue weighted by atomic mass is 16.5. The number of pyridine rings is 1. The zero-order valence-corrected chi connectivity index (χ0v) is 15.3. The Hall–Kier alpha value is -1.50. The van der Waals surface area contributed by atoms with Crippen LogP contribution in [0.5, 0.6) is 0 Å². The molecule has 138 valence electrons. The number of carbonyl (C=O) groups excluding carboxylic acids is 1. The Kier molecular flexibility index (Phi) is 5.41. The Morgan fingerprint density at radius 2 is 2.12 bits per heavy atom. The van der Waals surface area contributed by atoms with Gasteiger partial charge in [-0.1, -0.05) is 6.07 Å². The lowest BCUT2D eigenvalue weighted by Crippen LogP contribution is -2.49. The molecule has 0 radical (unpaired) electrons. The van der Waals surface area contributed by atoms with E-state index in [2.05, 4.69) is 16.0 Å². The van der Waals surface area contributed by atoms with Gasteiger partial charge in [-0.2, -0.15) is 0 Å². The van der Waals surface area contributed by atoms with E-state index in [1.54, 1.807) is 0 Å². The Morgan fingerprint density at radius 1 is 1.36 bits per heavy atom. The van der Waals surface area contributed by atoms with Crippen LogP contribution < -0.4 is 0 Å². The molecule has 0 bridgehead atoms. The highest BCUT2D eigenvalue weighted by Crippen LogP contribution is 2.48. The molecule has 1 atom stereocenters. The van der Waals surface area contributed by atoms with E-state index in [9.17, 15) is 9.90 Å². The lowest BCUT2D eigenvalue weighted by atomic mass is 9.74. The Morgan fingerprint density at radius 3 is 2.72 bits per heavy atom. The first-order valence-corrected chi connectivity index (χ1v) is 9.03. The van der Waals surface area contributed by atoms with Crippen LogP contribution in [0.25, 0.3) is 0 Å². The van der Waals surface area contributed by atoms with Crippen LogP contribution in [0.15, 0.2) is 24.4 Å². The summed E-state index contributed by atoms with van der Waals surface area (Å²) in [4.78, 5) is 21.1. The molecule has 2 fully saturated rings. The summed E-state index contributed by atoms with van der Waals surface area (Å²) in [5.41, 5.74) is 0.738. The number of piperidine rings is 1. The number of hydrogen-bond acceptors (Lipinski definition) is 5. The summed E-state index contributed by atoms with van der Waals surface area (Å²) in [7, 11) is 1.54. The van der Waals surface area contributed by atoms with Crippen molar-refractivity contribution in [1.29, 1.82) is 0 Å². The van der Waals surface area contributed by atoms with Gasteiger partial charge in [-0.15, -0.1) is 0 Å². The molecule has 1 aromatic rings. The van der Waals surface area contributed by atoms with Crippen molar-refractivity contribution >= 4 is 5.91 Å². The number of aromatic nitrogens is 1. The van der Waals surface area contributed by atoms with E-state index in [1.807, 2.05) is 30.2 Å². The highest BCUT2D eigenvalue weighted by molar-refractivity contribution is 5.78. The molecule has 0 aliphatic carbocycles.